The van der Waals surface area contributed by atoms with Crippen molar-refractivity contribution in [2.45, 2.75) is 39.2 Å². The van der Waals surface area contributed by atoms with Crippen LogP contribution in [0.25, 0.3) is 0 Å². The molecule has 27 heavy (non-hydrogen) atoms. The van der Waals surface area contributed by atoms with E-state index in [9.17, 15) is 0 Å². The van der Waals surface area contributed by atoms with Gasteiger partial charge in [-0.3, -0.25) is 4.99 Å². The predicted molar refractivity (Wildman–Crippen MR) is 112 cm³/mol. The first kappa shape index (κ1) is 21.4. The van der Waals surface area contributed by atoms with E-state index in [0.29, 0.717) is 12.0 Å². The number of likely N-dealkylation sites (tertiary alicyclic amines) is 1. The van der Waals surface area contributed by atoms with Gasteiger partial charge in [0.05, 0.1) is 14.2 Å². The fraction of sp³-hybridized carbons (Fsp3) is 0.667. The molecule has 1 saturated heterocycles. The summed E-state index contributed by atoms with van der Waals surface area (Å²) in [5, 5.41) is 6.90. The molecule has 0 aliphatic carbocycles. The summed E-state index contributed by atoms with van der Waals surface area (Å²) in [5.74, 6) is 3.09. The molecule has 6 nitrogen and oxygen atoms in total. The van der Waals surface area contributed by atoms with Crippen molar-refractivity contribution in [3.63, 3.8) is 0 Å². The number of hydrogen-bond acceptors (Lipinski definition) is 4. The lowest BCUT2D eigenvalue weighted by molar-refractivity contribution is 0.141. The normalized spacial score (nSPS) is 18.4. The number of nitrogens with zero attached hydrogens (tertiary/aromatic N) is 2. The lowest BCUT2D eigenvalue weighted by Gasteiger charge is -2.35. The molecule has 2 N–H and O–H groups in total. The van der Waals surface area contributed by atoms with E-state index >= 15 is 0 Å². The minimum absolute atomic E-state index is 0.631. The molecule has 0 amide bonds. The van der Waals surface area contributed by atoms with Crippen LogP contribution in [-0.2, 0) is 6.42 Å². The van der Waals surface area contributed by atoms with E-state index in [-0.39, 0.29) is 0 Å². The van der Waals surface area contributed by atoms with E-state index in [1.54, 1.807) is 14.2 Å². The van der Waals surface area contributed by atoms with Crippen molar-refractivity contribution >= 4 is 5.96 Å². The number of nitrogens with one attached hydrogen (secondary N) is 2. The van der Waals surface area contributed by atoms with Crippen molar-refractivity contribution in [3.8, 4) is 11.5 Å². The van der Waals surface area contributed by atoms with E-state index in [1.165, 1.54) is 31.5 Å². The van der Waals surface area contributed by atoms with Crippen molar-refractivity contribution in [2.24, 2.45) is 10.9 Å². The largest absolute Gasteiger partial charge is 0.493 e. The van der Waals surface area contributed by atoms with Crippen LogP contribution in [-0.4, -0.2) is 64.3 Å². The highest BCUT2D eigenvalue weighted by atomic mass is 16.5. The summed E-state index contributed by atoms with van der Waals surface area (Å²) in [6.45, 7) is 8.76. The van der Waals surface area contributed by atoms with Crippen LogP contribution in [0.3, 0.4) is 0 Å². The fourth-order valence-electron chi connectivity index (χ4n) is 3.56. The summed E-state index contributed by atoms with van der Waals surface area (Å²) in [6.07, 6.45) is 3.47. The van der Waals surface area contributed by atoms with Gasteiger partial charge in [0.15, 0.2) is 17.5 Å². The standard InChI is InChI=1S/C21H36N4O2/c1-16(2)25-12-6-7-18(15-25)14-24-21(22-3)23-11-10-17-8-9-19(26-4)20(13-17)27-5/h8-9,13,16,18H,6-7,10-12,14-15H2,1-5H3,(H2,22,23,24). The van der Waals surface area contributed by atoms with Gasteiger partial charge in [-0.05, 0) is 63.3 Å². The molecule has 2 rings (SSSR count). The Morgan fingerprint density at radius 2 is 2.00 bits per heavy atom. The highest BCUT2D eigenvalue weighted by Crippen LogP contribution is 2.27. The monoisotopic (exact) mass is 376 g/mol. The van der Waals surface area contributed by atoms with Gasteiger partial charge in [-0.15, -0.1) is 0 Å². The van der Waals surface area contributed by atoms with Crippen LogP contribution in [0.2, 0.25) is 0 Å². The molecule has 1 aromatic carbocycles. The summed E-state index contributed by atoms with van der Waals surface area (Å²) in [7, 11) is 5.14. The zero-order valence-electron chi connectivity index (χ0n) is 17.5. The van der Waals surface area contributed by atoms with Gasteiger partial charge in [-0.2, -0.15) is 0 Å². The highest BCUT2D eigenvalue weighted by molar-refractivity contribution is 5.79. The van der Waals surface area contributed by atoms with Gasteiger partial charge in [-0.1, -0.05) is 6.07 Å². The summed E-state index contributed by atoms with van der Waals surface area (Å²) in [4.78, 5) is 6.93. The molecular formula is C21H36N4O2. The Kier molecular flexibility index (Phi) is 8.72. The maximum atomic E-state index is 5.37. The second-order valence-electron chi connectivity index (χ2n) is 7.42. The van der Waals surface area contributed by atoms with E-state index in [4.69, 9.17) is 9.47 Å². The minimum atomic E-state index is 0.631. The zero-order valence-corrected chi connectivity index (χ0v) is 17.5. The molecule has 1 atom stereocenters. The SMILES string of the molecule is CN=C(NCCc1ccc(OC)c(OC)c1)NCC1CCCN(C(C)C)C1. The van der Waals surface area contributed by atoms with Crippen molar-refractivity contribution in [1.29, 1.82) is 0 Å². The maximum absolute atomic E-state index is 5.37. The van der Waals surface area contributed by atoms with Gasteiger partial charge in [-0.25, -0.2) is 0 Å². The van der Waals surface area contributed by atoms with E-state index in [2.05, 4.69) is 40.4 Å². The molecule has 1 aliphatic heterocycles. The van der Waals surface area contributed by atoms with Crippen LogP contribution in [0.1, 0.15) is 32.3 Å². The Hall–Kier alpha value is -1.95. The Morgan fingerprint density at radius 1 is 1.22 bits per heavy atom. The van der Waals surface area contributed by atoms with Gasteiger partial charge >= 0.3 is 0 Å². The van der Waals surface area contributed by atoms with Gasteiger partial charge < -0.3 is 25.0 Å². The first-order valence-corrected chi connectivity index (χ1v) is 9.96. The lowest BCUT2D eigenvalue weighted by Crippen LogP contribution is -2.46. The van der Waals surface area contributed by atoms with Gasteiger partial charge in [0.25, 0.3) is 0 Å². The molecule has 6 heteroatoms. The number of aliphatic imine (C=N–C) groups is 1. The van der Waals surface area contributed by atoms with Gasteiger partial charge in [0, 0.05) is 32.7 Å². The van der Waals surface area contributed by atoms with E-state index in [0.717, 1.165) is 37.0 Å². The van der Waals surface area contributed by atoms with Crippen molar-refractivity contribution in [1.82, 2.24) is 15.5 Å². The topological polar surface area (TPSA) is 58.1 Å². The number of methoxy groups -OCH3 is 2. The third kappa shape index (κ3) is 6.61. The first-order valence-electron chi connectivity index (χ1n) is 9.96. The van der Waals surface area contributed by atoms with Crippen LogP contribution in [0, 0.1) is 5.92 Å². The molecular weight excluding hydrogens is 340 g/mol. The van der Waals surface area contributed by atoms with Crippen LogP contribution >= 0.6 is 0 Å². The van der Waals surface area contributed by atoms with Crippen LogP contribution in [0.4, 0.5) is 0 Å². The second-order valence-corrected chi connectivity index (χ2v) is 7.42. The number of benzene rings is 1. The van der Waals surface area contributed by atoms with Crippen LogP contribution in [0.15, 0.2) is 23.2 Å². The number of piperidine rings is 1. The third-order valence-electron chi connectivity index (χ3n) is 5.22. The average Bonchev–Trinajstić information content (AvgIpc) is 2.70. The fourth-order valence-corrected chi connectivity index (χ4v) is 3.56. The molecule has 1 aromatic rings. The predicted octanol–water partition coefficient (Wildman–Crippen LogP) is 2.53. The molecule has 0 saturated carbocycles. The molecule has 0 bridgehead atoms. The zero-order chi connectivity index (χ0) is 19.6. The smallest absolute Gasteiger partial charge is 0.190 e. The second kappa shape index (κ2) is 11.0. The quantitative estimate of drug-likeness (QED) is 0.539. The summed E-state index contributed by atoms with van der Waals surface area (Å²) in [6, 6.07) is 6.68. The number of rotatable bonds is 8. The number of ether oxygens (including phenoxy) is 2. The van der Waals surface area contributed by atoms with Crippen LogP contribution in [0.5, 0.6) is 11.5 Å². The molecule has 0 spiro atoms. The maximum Gasteiger partial charge on any atom is 0.190 e. The Morgan fingerprint density at radius 3 is 2.67 bits per heavy atom. The Balaban J connectivity index is 1.76. The molecule has 1 aliphatic rings. The van der Waals surface area contributed by atoms with Crippen molar-refractivity contribution in [3.05, 3.63) is 23.8 Å². The first-order chi connectivity index (χ1) is 13.1. The average molecular weight is 377 g/mol. The van der Waals surface area contributed by atoms with E-state index < -0.39 is 0 Å². The van der Waals surface area contributed by atoms with Gasteiger partial charge in [0.2, 0.25) is 0 Å². The Bertz CT molecular complexity index is 604. The molecule has 0 aromatic heterocycles. The Labute approximate surface area is 164 Å². The van der Waals surface area contributed by atoms with Crippen LogP contribution < -0.4 is 20.1 Å². The molecule has 1 unspecified atom stereocenters. The summed E-state index contributed by atoms with van der Waals surface area (Å²) >= 11 is 0. The number of guanidine groups is 1. The van der Waals surface area contributed by atoms with Gasteiger partial charge in [0.1, 0.15) is 0 Å². The number of hydrogen-bond donors (Lipinski definition) is 2. The lowest BCUT2D eigenvalue weighted by atomic mass is 9.97. The third-order valence-corrected chi connectivity index (χ3v) is 5.22. The van der Waals surface area contributed by atoms with Crippen molar-refractivity contribution < 1.29 is 9.47 Å². The summed E-state index contributed by atoms with van der Waals surface area (Å²) < 4.78 is 10.7. The highest BCUT2D eigenvalue weighted by Gasteiger charge is 2.21. The van der Waals surface area contributed by atoms with E-state index in [1.807, 2.05) is 19.2 Å². The summed E-state index contributed by atoms with van der Waals surface area (Å²) in [5.41, 5.74) is 1.20. The minimum Gasteiger partial charge on any atom is -0.493 e. The van der Waals surface area contributed by atoms with Crippen molar-refractivity contribution in [2.75, 3.05) is 47.4 Å². The molecule has 1 fully saturated rings. The molecule has 152 valence electrons. The molecule has 1 heterocycles. The molecule has 0 radical (unpaired) electrons.